The van der Waals surface area contributed by atoms with Crippen molar-refractivity contribution in [3.8, 4) is 0 Å². The van der Waals surface area contributed by atoms with Crippen LogP contribution < -0.4 is 10.2 Å². The largest absolute Gasteiger partial charge is 0.353 e. The summed E-state index contributed by atoms with van der Waals surface area (Å²) >= 11 is 1.66. The summed E-state index contributed by atoms with van der Waals surface area (Å²) in [6, 6.07) is 13.6. The van der Waals surface area contributed by atoms with E-state index < -0.39 is 0 Å². The quantitative estimate of drug-likeness (QED) is 0.776. The van der Waals surface area contributed by atoms with E-state index in [0.717, 1.165) is 48.3 Å². The van der Waals surface area contributed by atoms with E-state index in [0.29, 0.717) is 6.42 Å². The van der Waals surface area contributed by atoms with E-state index in [9.17, 15) is 9.59 Å². The van der Waals surface area contributed by atoms with Gasteiger partial charge in [0.25, 0.3) is 0 Å². The minimum absolute atomic E-state index is 0.0795. The van der Waals surface area contributed by atoms with Gasteiger partial charge in [0.05, 0.1) is 0 Å². The van der Waals surface area contributed by atoms with Crippen molar-refractivity contribution in [3.05, 3.63) is 48.7 Å². The van der Waals surface area contributed by atoms with Gasteiger partial charge in [-0.2, -0.15) is 0 Å². The molecule has 1 N–H and O–H groups in total. The first kappa shape index (κ1) is 19.2. The monoisotopic (exact) mass is 384 g/mol. The van der Waals surface area contributed by atoms with Crippen molar-refractivity contribution < 1.29 is 9.59 Å². The minimum Gasteiger partial charge on any atom is -0.353 e. The third-order valence-electron chi connectivity index (χ3n) is 4.36. The molecule has 7 heteroatoms. The number of piperazine rings is 1. The summed E-state index contributed by atoms with van der Waals surface area (Å²) in [6.45, 7) is 4.61. The van der Waals surface area contributed by atoms with Crippen molar-refractivity contribution >= 4 is 35.1 Å². The molecule has 0 aliphatic carbocycles. The maximum Gasteiger partial charge on any atom is 0.223 e. The van der Waals surface area contributed by atoms with Crippen LogP contribution in [0.3, 0.4) is 0 Å². The molecule has 1 aromatic heterocycles. The van der Waals surface area contributed by atoms with Gasteiger partial charge in [-0.15, -0.1) is 11.8 Å². The fourth-order valence-corrected chi connectivity index (χ4v) is 3.82. The first-order chi connectivity index (χ1) is 13.1. The molecule has 1 aliphatic rings. The molecule has 6 nitrogen and oxygen atoms in total. The van der Waals surface area contributed by atoms with Crippen LogP contribution in [0, 0.1) is 0 Å². The molecule has 27 heavy (non-hydrogen) atoms. The Bertz CT molecular complexity index is 759. The first-order valence-corrected chi connectivity index (χ1v) is 10.0. The number of rotatable bonds is 6. The van der Waals surface area contributed by atoms with Gasteiger partial charge in [-0.3, -0.25) is 9.59 Å². The van der Waals surface area contributed by atoms with Gasteiger partial charge in [-0.05, 0) is 36.4 Å². The Balaban J connectivity index is 1.39. The summed E-state index contributed by atoms with van der Waals surface area (Å²) in [5.41, 5.74) is 0.786. The molecule has 0 saturated carbocycles. The SMILES string of the molecule is CC(=O)Nc1ccc(SCCC(=O)N2CCN(c3ccccn3)CC2)cc1. The molecule has 3 rings (SSSR count). The van der Waals surface area contributed by atoms with Crippen molar-refractivity contribution in [1.29, 1.82) is 0 Å². The average molecular weight is 385 g/mol. The maximum absolute atomic E-state index is 12.4. The number of thioether (sulfide) groups is 1. The zero-order chi connectivity index (χ0) is 19.1. The highest BCUT2D eigenvalue weighted by molar-refractivity contribution is 7.99. The van der Waals surface area contributed by atoms with Crippen molar-refractivity contribution in [2.24, 2.45) is 0 Å². The molecule has 1 aromatic carbocycles. The lowest BCUT2D eigenvalue weighted by Gasteiger charge is -2.35. The molecule has 0 spiro atoms. The zero-order valence-corrected chi connectivity index (χ0v) is 16.2. The summed E-state index contributed by atoms with van der Waals surface area (Å²) < 4.78 is 0. The van der Waals surface area contributed by atoms with E-state index in [-0.39, 0.29) is 11.8 Å². The van der Waals surface area contributed by atoms with Crippen molar-refractivity contribution in [2.45, 2.75) is 18.2 Å². The molecular weight excluding hydrogens is 360 g/mol. The highest BCUT2D eigenvalue weighted by Gasteiger charge is 2.21. The van der Waals surface area contributed by atoms with Crippen molar-refractivity contribution in [1.82, 2.24) is 9.88 Å². The number of nitrogens with zero attached hydrogens (tertiary/aromatic N) is 3. The predicted octanol–water partition coefficient (Wildman–Crippen LogP) is 2.87. The number of aromatic nitrogens is 1. The molecule has 0 unspecified atom stereocenters. The molecule has 2 aromatic rings. The fraction of sp³-hybridized carbons (Fsp3) is 0.350. The maximum atomic E-state index is 12.4. The molecule has 0 bridgehead atoms. The topological polar surface area (TPSA) is 65.5 Å². The zero-order valence-electron chi connectivity index (χ0n) is 15.4. The molecule has 1 aliphatic heterocycles. The molecule has 0 atom stereocenters. The van der Waals surface area contributed by atoms with Crippen LogP contribution in [0.1, 0.15) is 13.3 Å². The molecule has 1 fully saturated rings. The highest BCUT2D eigenvalue weighted by atomic mass is 32.2. The van der Waals surface area contributed by atoms with Gasteiger partial charge in [0, 0.05) is 62.1 Å². The Labute approximate surface area is 164 Å². The van der Waals surface area contributed by atoms with Gasteiger partial charge in [0.1, 0.15) is 5.82 Å². The second-order valence-electron chi connectivity index (χ2n) is 6.36. The van der Waals surface area contributed by atoms with Gasteiger partial charge >= 0.3 is 0 Å². The predicted molar refractivity (Wildman–Crippen MR) is 109 cm³/mol. The van der Waals surface area contributed by atoms with Crippen LogP contribution in [-0.2, 0) is 9.59 Å². The Hall–Kier alpha value is -2.54. The van der Waals surface area contributed by atoms with Crippen LogP contribution in [0.5, 0.6) is 0 Å². The van der Waals surface area contributed by atoms with Crippen molar-refractivity contribution in [2.75, 3.05) is 42.1 Å². The van der Waals surface area contributed by atoms with Gasteiger partial charge in [0.2, 0.25) is 11.8 Å². The summed E-state index contributed by atoms with van der Waals surface area (Å²) in [7, 11) is 0. The molecule has 2 amide bonds. The van der Waals surface area contributed by atoms with Crippen LogP contribution in [0.2, 0.25) is 0 Å². The number of hydrogen-bond donors (Lipinski definition) is 1. The average Bonchev–Trinajstić information content (AvgIpc) is 2.69. The van der Waals surface area contributed by atoms with Gasteiger partial charge in [0.15, 0.2) is 0 Å². The third-order valence-corrected chi connectivity index (χ3v) is 5.38. The third kappa shape index (κ3) is 5.72. The standard InChI is InChI=1S/C20H24N4O2S/c1-16(25)22-17-5-7-18(8-6-17)27-15-9-20(26)24-13-11-23(12-14-24)19-4-2-3-10-21-19/h2-8,10H,9,11-15H2,1H3,(H,22,25). The van der Waals surface area contributed by atoms with E-state index in [4.69, 9.17) is 0 Å². The van der Waals surface area contributed by atoms with Crippen LogP contribution in [0.4, 0.5) is 11.5 Å². The highest BCUT2D eigenvalue weighted by Crippen LogP contribution is 2.21. The molecule has 1 saturated heterocycles. The Morgan fingerprint density at radius 3 is 2.44 bits per heavy atom. The molecule has 2 heterocycles. The number of nitrogens with one attached hydrogen (secondary N) is 1. The van der Waals surface area contributed by atoms with Crippen LogP contribution in [0.25, 0.3) is 0 Å². The first-order valence-electron chi connectivity index (χ1n) is 9.06. The Morgan fingerprint density at radius 1 is 1.07 bits per heavy atom. The van der Waals surface area contributed by atoms with E-state index in [1.165, 1.54) is 6.92 Å². The lowest BCUT2D eigenvalue weighted by atomic mass is 10.3. The number of carbonyl (C=O) groups is 2. The number of pyridine rings is 1. The van der Waals surface area contributed by atoms with Crippen LogP contribution in [0.15, 0.2) is 53.6 Å². The fourth-order valence-electron chi connectivity index (χ4n) is 2.98. The lowest BCUT2D eigenvalue weighted by Crippen LogP contribution is -2.49. The second kappa shape index (κ2) is 9.41. The van der Waals surface area contributed by atoms with Crippen molar-refractivity contribution in [3.63, 3.8) is 0 Å². The number of anilines is 2. The molecule has 142 valence electrons. The molecular formula is C20H24N4O2S. The number of carbonyl (C=O) groups excluding carboxylic acids is 2. The van der Waals surface area contributed by atoms with Crippen LogP contribution in [-0.4, -0.2) is 53.6 Å². The van der Waals surface area contributed by atoms with E-state index >= 15 is 0 Å². The van der Waals surface area contributed by atoms with E-state index in [1.807, 2.05) is 47.4 Å². The van der Waals surface area contributed by atoms with Crippen LogP contribution >= 0.6 is 11.8 Å². The van der Waals surface area contributed by atoms with E-state index in [2.05, 4.69) is 15.2 Å². The summed E-state index contributed by atoms with van der Waals surface area (Å²) in [5, 5.41) is 2.75. The minimum atomic E-state index is -0.0795. The Morgan fingerprint density at radius 2 is 1.81 bits per heavy atom. The summed E-state index contributed by atoms with van der Waals surface area (Å²) in [6.07, 6.45) is 2.33. The lowest BCUT2D eigenvalue weighted by molar-refractivity contribution is -0.131. The van der Waals surface area contributed by atoms with Gasteiger partial charge in [-0.1, -0.05) is 6.07 Å². The smallest absolute Gasteiger partial charge is 0.223 e. The normalized spacial score (nSPS) is 14.1. The summed E-state index contributed by atoms with van der Waals surface area (Å²) in [4.78, 5) is 33.1. The summed E-state index contributed by atoms with van der Waals surface area (Å²) in [5.74, 6) is 1.85. The van der Waals surface area contributed by atoms with E-state index in [1.54, 1.807) is 18.0 Å². The van der Waals surface area contributed by atoms with Gasteiger partial charge < -0.3 is 15.1 Å². The molecule has 0 radical (unpaired) electrons. The second-order valence-corrected chi connectivity index (χ2v) is 7.53. The number of hydrogen-bond acceptors (Lipinski definition) is 5. The number of benzene rings is 1. The van der Waals surface area contributed by atoms with Gasteiger partial charge in [-0.25, -0.2) is 4.98 Å². The Kier molecular flexibility index (Phi) is 6.70. The number of amides is 2.